The molecule has 1 N–H and O–H groups in total. The lowest BCUT2D eigenvalue weighted by Crippen LogP contribution is -2.50. The van der Waals surface area contributed by atoms with Gasteiger partial charge in [0, 0.05) is 55.1 Å². The highest BCUT2D eigenvalue weighted by atomic mass is 19.2. The first-order valence-electron chi connectivity index (χ1n) is 8.32. The average Bonchev–Trinajstić information content (AvgIpc) is 2.60. The Labute approximate surface area is 147 Å². The Morgan fingerprint density at radius 3 is 2.54 bits per heavy atom. The summed E-state index contributed by atoms with van der Waals surface area (Å²) in [5.41, 5.74) is 0.705. The standard InChI is InChI=1S/C18H16F3N3O2/c19-13-5-12(6-14(20)17(13)21)22-18(26)23-7-10-4-11(9-23)15-2-1-3-16(25)24(15)8-10/h1-3,5-6,10-11H,4,7-9H2,(H,22,26). The van der Waals surface area contributed by atoms with E-state index in [0.717, 1.165) is 24.2 Å². The fourth-order valence-corrected chi connectivity index (χ4v) is 3.89. The van der Waals surface area contributed by atoms with E-state index in [1.807, 2.05) is 6.07 Å². The Morgan fingerprint density at radius 1 is 1.08 bits per heavy atom. The van der Waals surface area contributed by atoms with Gasteiger partial charge in [-0.05, 0) is 18.4 Å². The number of amides is 2. The summed E-state index contributed by atoms with van der Waals surface area (Å²) in [5, 5.41) is 2.42. The number of carbonyl (C=O) groups excluding carboxylic acids is 1. The van der Waals surface area contributed by atoms with Gasteiger partial charge >= 0.3 is 6.03 Å². The van der Waals surface area contributed by atoms with Crippen LogP contribution in [0.15, 0.2) is 35.1 Å². The van der Waals surface area contributed by atoms with Crippen LogP contribution in [0.25, 0.3) is 0 Å². The summed E-state index contributed by atoms with van der Waals surface area (Å²) in [6.45, 7) is 1.38. The topological polar surface area (TPSA) is 54.3 Å². The molecule has 2 unspecified atom stereocenters. The molecule has 0 spiro atoms. The lowest BCUT2D eigenvalue weighted by Gasteiger charge is -2.42. The molecule has 0 aliphatic carbocycles. The number of halogens is 3. The van der Waals surface area contributed by atoms with Crippen LogP contribution in [0.4, 0.5) is 23.7 Å². The predicted octanol–water partition coefficient (Wildman–Crippen LogP) is 2.92. The maximum atomic E-state index is 13.3. The molecule has 8 heteroatoms. The van der Waals surface area contributed by atoms with Gasteiger partial charge in [0.1, 0.15) is 0 Å². The number of anilines is 1. The van der Waals surface area contributed by atoms with Gasteiger partial charge < -0.3 is 14.8 Å². The monoisotopic (exact) mass is 363 g/mol. The fraction of sp³-hybridized carbons (Fsp3) is 0.333. The summed E-state index contributed by atoms with van der Waals surface area (Å²) >= 11 is 0. The van der Waals surface area contributed by atoms with Gasteiger partial charge in [-0.25, -0.2) is 18.0 Å². The van der Waals surface area contributed by atoms with Crippen molar-refractivity contribution in [1.29, 1.82) is 0 Å². The first-order chi connectivity index (χ1) is 12.4. The maximum Gasteiger partial charge on any atom is 0.321 e. The number of carbonyl (C=O) groups is 1. The third-order valence-corrected chi connectivity index (χ3v) is 5.00. The van der Waals surface area contributed by atoms with Gasteiger partial charge in [-0.1, -0.05) is 6.07 Å². The summed E-state index contributed by atoms with van der Waals surface area (Å²) in [6.07, 6.45) is 0.882. The van der Waals surface area contributed by atoms with E-state index in [2.05, 4.69) is 5.32 Å². The number of nitrogens with one attached hydrogen (secondary N) is 1. The van der Waals surface area contributed by atoms with Crippen LogP contribution in [-0.4, -0.2) is 28.6 Å². The minimum atomic E-state index is -1.57. The van der Waals surface area contributed by atoms with E-state index >= 15 is 0 Å². The molecular formula is C18H16F3N3O2. The van der Waals surface area contributed by atoms with Crippen LogP contribution in [0.3, 0.4) is 0 Å². The maximum absolute atomic E-state index is 13.3. The van der Waals surface area contributed by atoms with Crippen molar-refractivity contribution < 1.29 is 18.0 Å². The first-order valence-corrected chi connectivity index (χ1v) is 8.32. The van der Waals surface area contributed by atoms with Gasteiger partial charge in [0.25, 0.3) is 5.56 Å². The van der Waals surface area contributed by atoms with Crippen molar-refractivity contribution >= 4 is 11.7 Å². The Morgan fingerprint density at radius 2 is 1.81 bits per heavy atom. The van der Waals surface area contributed by atoms with E-state index in [9.17, 15) is 22.8 Å². The molecule has 1 aromatic carbocycles. The van der Waals surface area contributed by atoms with Crippen molar-refractivity contribution in [2.24, 2.45) is 5.92 Å². The molecule has 3 heterocycles. The molecule has 0 radical (unpaired) electrons. The van der Waals surface area contributed by atoms with Crippen LogP contribution in [0.1, 0.15) is 18.0 Å². The lowest BCUT2D eigenvalue weighted by molar-refractivity contribution is 0.139. The Hall–Kier alpha value is -2.77. The smallest absolute Gasteiger partial charge is 0.321 e. The van der Waals surface area contributed by atoms with Gasteiger partial charge in [-0.3, -0.25) is 4.79 Å². The van der Waals surface area contributed by atoms with Gasteiger partial charge in [-0.2, -0.15) is 0 Å². The Balaban J connectivity index is 1.53. The van der Waals surface area contributed by atoms with Crippen molar-refractivity contribution in [3.63, 3.8) is 0 Å². The number of nitrogens with zero attached hydrogens (tertiary/aromatic N) is 2. The highest BCUT2D eigenvalue weighted by Gasteiger charge is 2.36. The van der Waals surface area contributed by atoms with Crippen LogP contribution in [0.2, 0.25) is 0 Å². The van der Waals surface area contributed by atoms with Gasteiger partial charge in [0.2, 0.25) is 0 Å². The van der Waals surface area contributed by atoms with Crippen LogP contribution in [0, 0.1) is 23.4 Å². The molecule has 2 bridgehead atoms. The summed E-state index contributed by atoms with van der Waals surface area (Å²) < 4.78 is 41.4. The van der Waals surface area contributed by atoms with E-state index in [1.54, 1.807) is 15.5 Å². The minimum absolute atomic E-state index is 0.0313. The second-order valence-corrected chi connectivity index (χ2v) is 6.79. The van der Waals surface area contributed by atoms with Gasteiger partial charge in [-0.15, -0.1) is 0 Å². The van der Waals surface area contributed by atoms with E-state index < -0.39 is 23.5 Å². The van der Waals surface area contributed by atoms with Crippen LogP contribution in [0.5, 0.6) is 0 Å². The molecule has 5 nitrogen and oxygen atoms in total. The van der Waals surface area contributed by atoms with Crippen LogP contribution in [-0.2, 0) is 6.54 Å². The average molecular weight is 363 g/mol. The number of piperidine rings is 1. The second kappa shape index (κ2) is 6.19. The molecule has 2 aromatic rings. The Kier molecular flexibility index (Phi) is 3.97. The molecule has 1 saturated heterocycles. The summed E-state index contributed by atoms with van der Waals surface area (Å²) in [4.78, 5) is 26.1. The summed E-state index contributed by atoms with van der Waals surface area (Å²) in [6, 6.07) is 6.10. The number of hydrogen-bond donors (Lipinski definition) is 1. The fourth-order valence-electron chi connectivity index (χ4n) is 3.89. The third-order valence-electron chi connectivity index (χ3n) is 5.00. The molecule has 1 aromatic heterocycles. The normalized spacial score (nSPS) is 21.3. The summed E-state index contributed by atoms with van der Waals surface area (Å²) in [5.74, 6) is -4.12. The first kappa shape index (κ1) is 16.7. The number of aromatic nitrogens is 1. The van der Waals surface area contributed by atoms with E-state index in [4.69, 9.17) is 0 Å². The summed E-state index contributed by atoms with van der Waals surface area (Å²) in [7, 11) is 0. The highest BCUT2D eigenvalue weighted by molar-refractivity contribution is 5.89. The number of hydrogen-bond acceptors (Lipinski definition) is 2. The number of urea groups is 1. The van der Waals surface area contributed by atoms with Crippen LogP contribution < -0.4 is 10.9 Å². The zero-order valence-corrected chi connectivity index (χ0v) is 13.7. The van der Waals surface area contributed by atoms with Gasteiger partial charge in [0.05, 0.1) is 0 Å². The van der Waals surface area contributed by atoms with Crippen molar-refractivity contribution in [1.82, 2.24) is 9.47 Å². The van der Waals surface area contributed by atoms with E-state index in [0.29, 0.717) is 19.6 Å². The van der Waals surface area contributed by atoms with Crippen molar-refractivity contribution in [2.75, 3.05) is 18.4 Å². The molecular weight excluding hydrogens is 347 g/mol. The molecule has 26 heavy (non-hydrogen) atoms. The zero-order valence-electron chi connectivity index (χ0n) is 13.7. The Bertz CT molecular complexity index is 921. The SMILES string of the molecule is O=C(Nc1cc(F)c(F)c(F)c1)N1CC2CC(C1)c1cccc(=O)n1C2. The lowest BCUT2D eigenvalue weighted by atomic mass is 9.83. The molecule has 0 saturated carbocycles. The van der Waals surface area contributed by atoms with Crippen LogP contribution >= 0.6 is 0 Å². The third kappa shape index (κ3) is 2.85. The van der Waals surface area contributed by atoms with E-state index in [1.165, 1.54) is 6.07 Å². The molecule has 136 valence electrons. The number of fused-ring (bicyclic) bond motifs is 4. The largest absolute Gasteiger partial charge is 0.324 e. The quantitative estimate of drug-likeness (QED) is 0.792. The van der Waals surface area contributed by atoms with Crippen molar-refractivity contribution in [2.45, 2.75) is 18.9 Å². The molecule has 2 amide bonds. The second-order valence-electron chi connectivity index (χ2n) is 6.79. The molecule has 2 aliphatic rings. The molecule has 1 fully saturated rings. The zero-order chi connectivity index (χ0) is 18.4. The number of likely N-dealkylation sites (tertiary alicyclic amines) is 1. The predicted molar refractivity (Wildman–Crippen MR) is 88.5 cm³/mol. The van der Waals surface area contributed by atoms with Crippen molar-refractivity contribution in [3.8, 4) is 0 Å². The molecule has 2 atom stereocenters. The highest BCUT2D eigenvalue weighted by Crippen LogP contribution is 2.35. The minimum Gasteiger partial charge on any atom is -0.324 e. The number of benzene rings is 1. The molecule has 2 aliphatic heterocycles. The molecule has 4 rings (SSSR count). The van der Waals surface area contributed by atoms with E-state index in [-0.39, 0.29) is 23.1 Å². The number of pyridine rings is 1. The van der Waals surface area contributed by atoms with Gasteiger partial charge in [0.15, 0.2) is 17.5 Å². The number of rotatable bonds is 1. The van der Waals surface area contributed by atoms with Crippen molar-refractivity contribution in [3.05, 3.63) is 63.8 Å².